The normalized spacial score (nSPS) is 10.0. The molecule has 0 unspecified atom stereocenters. The van der Waals surface area contributed by atoms with Gasteiger partial charge in [-0.1, -0.05) is 66.7 Å². The van der Waals surface area contributed by atoms with Crippen molar-refractivity contribution in [3.8, 4) is 5.82 Å². The summed E-state index contributed by atoms with van der Waals surface area (Å²) in [5, 5.41) is 4.84. The molecule has 0 saturated carbocycles. The van der Waals surface area contributed by atoms with E-state index in [0.29, 0.717) is 5.82 Å². The van der Waals surface area contributed by atoms with Crippen molar-refractivity contribution in [2.45, 2.75) is 13.2 Å². The van der Waals surface area contributed by atoms with Gasteiger partial charge < -0.3 is 14.5 Å². The minimum Gasteiger partial charge on any atom is -0.444 e. The fraction of sp³-hybridized carbons (Fsp3) is 0.0645. The number of carbonyl (C=O) groups excluding carboxylic acids is 2. The van der Waals surface area contributed by atoms with Crippen LogP contribution in [0.2, 0.25) is 0 Å². The Balaban J connectivity index is 0.000000201. The van der Waals surface area contributed by atoms with E-state index in [2.05, 4.69) is 20.6 Å². The smallest absolute Gasteiger partial charge is 0.412 e. The summed E-state index contributed by atoms with van der Waals surface area (Å²) in [7, 11) is 0. The number of anilines is 2. The summed E-state index contributed by atoms with van der Waals surface area (Å²) in [5.41, 5.74) is 1.29. The molecule has 0 aliphatic heterocycles. The van der Waals surface area contributed by atoms with Gasteiger partial charge in [-0.15, -0.1) is 0 Å². The maximum absolute atomic E-state index is 12.4. The molecule has 0 bridgehead atoms. The predicted molar refractivity (Wildman–Crippen MR) is 157 cm³/mol. The Morgan fingerprint density at radius 2 is 1.26 bits per heavy atom. The minimum absolute atomic E-state index is 0.126. The zero-order valence-electron chi connectivity index (χ0n) is 22.3. The van der Waals surface area contributed by atoms with Crippen molar-refractivity contribution in [3.05, 3.63) is 154 Å². The lowest BCUT2D eigenvalue weighted by molar-refractivity contribution is 0.154. The highest BCUT2D eigenvalue weighted by atomic mass is 16.6. The lowest BCUT2D eigenvalue weighted by Crippen LogP contribution is -2.25. The third-order valence-electron chi connectivity index (χ3n) is 5.56. The highest BCUT2D eigenvalue weighted by Crippen LogP contribution is 2.07. The molecule has 0 fully saturated rings. The van der Waals surface area contributed by atoms with Crippen molar-refractivity contribution in [3.63, 3.8) is 0 Å². The summed E-state index contributed by atoms with van der Waals surface area (Å²) in [5.74, 6) is 0.476. The lowest BCUT2D eigenvalue weighted by Gasteiger charge is -2.09. The minimum atomic E-state index is -0.685. The van der Waals surface area contributed by atoms with E-state index in [0.717, 1.165) is 11.1 Å². The zero-order chi connectivity index (χ0) is 29.6. The maximum Gasteiger partial charge on any atom is 0.412 e. The first-order valence-electron chi connectivity index (χ1n) is 12.8. The molecule has 2 aromatic carbocycles. The van der Waals surface area contributed by atoms with Gasteiger partial charge in [-0.05, 0) is 47.5 Å². The van der Waals surface area contributed by atoms with Crippen molar-refractivity contribution in [1.29, 1.82) is 0 Å². The molecule has 0 spiro atoms. The van der Waals surface area contributed by atoms with E-state index >= 15 is 0 Å². The Labute approximate surface area is 240 Å². The monoisotopic (exact) mass is 565 g/mol. The third kappa shape index (κ3) is 8.78. The van der Waals surface area contributed by atoms with E-state index in [-0.39, 0.29) is 35.7 Å². The van der Waals surface area contributed by atoms with E-state index in [1.54, 1.807) is 42.7 Å². The van der Waals surface area contributed by atoms with Crippen LogP contribution in [-0.2, 0) is 22.7 Å². The van der Waals surface area contributed by atoms with Gasteiger partial charge in [-0.2, -0.15) is 0 Å². The highest BCUT2D eigenvalue weighted by Gasteiger charge is 2.10. The third-order valence-corrected chi connectivity index (χ3v) is 5.56. The molecule has 11 heteroatoms. The van der Waals surface area contributed by atoms with Crippen molar-refractivity contribution in [1.82, 2.24) is 14.5 Å². The van der Waals surface area contributed by atoms with Gasteiger partial charge in [-0.25, -0.2) is 14.6 Å². The Bertz CT molecular complexity index is 1710. The number of hydrogen-bond donors (Lipinski definition) is 3. The summed E-state index contributed by atoms with van der Waals surface area (Å²) in [6.07, 6.45) is 3.33. The molecular weight excluding hydrogens is 538 g/mol. The van der Waals surface area contributed by atoms with Crippen LogP contribution in [-0.4, -0.2) is 26.7 Å². The highest BCUT2D eigenvalue weighted by molar-refractivity contribution is 5.84. The first kappa shape index (κ1) is 29.0. The number of H-pyrrole nitrogens is 1. The first-order valence-corrected chi connectivity index (χ1v) is 12.8. The van der Waals surface area contributed by atoms with Gasteiger partial charge in [0.15, 0.2) is 0 Å². The quantitative estimate of drug-likeness (QED) is 0.249. The van der Waals surface area contributed by atoms with Gasteiger partial charge in [0.05, 0.1) is 0 Å². The molecule has 11 nitrogen and oxygen atoms in total. The summed E-state index contributed by atoms with van der Waals surface area (Å²) < 4.78 is 11.5. The van der Waals surface area contributed by atoms with Crippen molar-refractivity contribution in [2.24, 2.45) is 0 Å². The van der Waals surface area contributed by atoms with E-state index in [1.807, 2.05) is 60.7 Å². The summed E-state index contributed by atoms with van der Waals surface area (Å²) in [6, 6.07) is 30.2. The van der Waals surface area contributed by atoms with Gasteiger partial charge in [-0.3, -0.25) is 24.8 Å². The van der Waals surface area contributed by atoms with Gasteiger partial charge in [0.1, 0.15) is 30.4 Å². The number of benzene rings is 2. The fourth-order valence-corrected chi connectivity index (χ4v) is 3.52. The Kier molecular flexibility index (Phi) is 10.4. The van der Waals surface area contributed by atoms with Gasteiger partial charge >= 0.3 is 12.2 Å². The number of nitrogens with one attached hydrogen (secondary N) is 3. The molecule has 0 saturated heterocycles. The predicted octanol–water partition coefficient (Wildman–Crippen LogP) is 5.10. The molecular formula is C31H27N5O6. The molecule has 5 rings (SSSR count). The standard InChI is InChI=1S/C18H15N3O3.C13H12N2O3/c22-17-15(9-6-12-21(17)16-10-4-5-11-19-16)20-18(23)24-13-14-7-2-1-3-8-14;16-12-11(7-4-8-14-12)15-13(17)18-9-10-5-2-1-3-6-10/h1-12H,13H2,(H,20,23);1-8H,9H2,(H,14,16)(H,15,17). The topological polar surface area (TPSA) is 144 Å². The molecule has 0 radical (unpaired) electrons. The number of hydrogen-bond acceptors (Lipinski definition) is 7. The Morgan fingerprint density at radius 1 is 0.690 bits per heavy atom. The average molecular weight is 566 g/mol. The largest absolute Gasteiger partial charge is 0.444 e. The van der Waals surface area contributed by atoms with Crippen LogP contribution in [0.5, 0.6) is 0 Å². The second-order valence-corrected chi connectivity index (χ2v) is 8.57. The number of pyridine rings is 3. The zero-order valence-corrected chi connectivity index (χ0v) is 22.3. The number of ether oxygens (including phenoxy) is 2. The van der Waals surface area contributed by atoms with Gasteiger partial charge in [0.25, 0.3) is 11.1 Å². The fourth-order valence-electron chi connectivity index (χ4n) is 3.52. The number of amides is 2. The van der Waals surface area contributed by atoms with E-state index in [9.17, 15) is 19.2 Å². The number of aromatic nitrogens is 3. The molecule has 3 aromatic heterocycles. The van der Waals surface area contributed by atoms with Crippen molar-refractivity contribution < 1.29 is 19.1 Å². The van der Waals surface area contributed by atoms with Crippen LogP contribution in [0.1, 0.15) is 11.1 Å². The van der Waals surface area contributed by atoms with E-state index in [1.165, 1.54) is 22.9 Å². The van der Waals surface area contributed by atoms with E-state index in [4.69, 9.17) is 9.47 Å². The van der Waals surface area contributed by atoms with Crippen LogP contribution in [0.15, 0.2) is 131 Å². The van der Waals surface area contributed by atoms with Crippen LogP contribution in [0.25, 0.3) is 5.82 Å². The summed E-state index contributed by atoms with van der Waals surface area (Å²) in [6.45, 7) is 0.297. The lowest BCUT2D eigenvalue weighted by atomic mass is 10.2. The Morgan fingerprint density at radius 3 is 1.83 bits per heavy atom. The average Bonchev–Trinajstić information content (AvgIpc) is 3.03. The number of nitrogens with zero attached hydrogens (tertiary/aromatic N) is 2. The number of rotatable bonds is 7. The molecule has 212 valence electrons. The number of carbonyl (C=O) groups is 2. The van der Waals surface area contributed by atoms with E-state index < -0.39 is 12.2 Å². The van der Waals surface area contributed by atoms with Crippen LogP contribution in [0, 0.1) is 0 Å². The maximum atomic E-state index is 12.4. The second kappa shape index (κ2) is 15.0. The molecule has 3 heterocycles. The summed E-state index contributed by atoms with van der Waals surface area (Å²) >= 11 is 0. The van der Waals surface area contributed by atoms with Crippen LogP contribution in [0.4, 0.5) is 21.0 Å². The van der Waals surface area contributed by atoms with Crippen LogP contribution < -0.4 is 21.8 Å². The van der Waals surface area contributed by atoms with Gasteiger partial charge in [0, 0.05) is 18.6 Å². The first-order chi connectivity index (χ1) is 20.5. The molecule has 2 amide bonds. The van der Waals surface area contributed by atoms with Crippen molar-refractivity contribution in [2.75, 3.05) is 10.6 Å². The second-order valence-electron chi connectivity index (χ2n) is 8.57. The van der Waals surface area contributed by atoms with Crippen LogP contribution in [0.3, 0.4) is 0 Å². The molecule has 0 aliphatic rings. The molecule has 42 heavy (non-hydrogen) atoms. The Hall–Kier alpha value is -5.97. The molecule has 0 aliphatic carbocycles. The van der Waals surface area contributed by atoms with Crippen LogP contribution >= 0.6 is 0 Å². The summed E-state index contributed by atoms with van der Waals surface area (Å²) in [4.78, 5) is 53.7. The van der Waals surface area contributed by atoms with Gasteiger partial charge in [0.2, 0.25) is 0 Å². The molecule has 5 aromatic rings. The van der Waals surface area contributed by atoms with Crippen molar-refractivity contribution >= 4 is 23.6 Å². The SMILES string of the molecule is O=C(Nc1ccc[nH]c1=O)OCc1ccccc1.O=C(Nc1cccn(-c2ccccn2)c1=O)OCc1ccccc1. The number of aromatic amines is 1. The molecule has 0 atom stereocenters. The molecule has 3 N–H and O–H groups in total.